The van der Waals surface area contributed by atoms with Crippen molar-refractivity contribution in [3.05, 3.63) is 95.6 Å². The van der Waals surface area contributed by atoms with Gasteiger partial charge in [-0.05, 0) is 30.2 Å². The van der Waals surface area contributed by atoms with Crippen LogP contribution in [0.2, 0.25) is 0 Å². The van der Waals surface area contributed by atoms with E-state index in [4.69, 9.17) is 5.11 Å². The number of carbonyl (C=O) groups excluding carboxylic acids is 3. The molecule has 0 aliphatic heterocycles. The largest absolute Gasteiger partial charge is 0.481 e. The summed E-state index contributed by atoms with van der Waals surface area (Å²) in [5.41, 5.74) is 2.26. The van der Waals surface area contributed by atoms with E-state index in [0.29, 0.717) is 16.9 Å². The van der Waals surface area contributed by atoms with Crippen LogP contribution in [0, 0.1) is 0 Å². The van der Waals surface area contributed by atoms with Gasteiger partial charge in [0.05, 0.1) is 12.1 Å². The maximum atomic E-state index is 13.2. The van der Waals surface area contributed by atoms with Gasteiger partial charge in [0, 0.05) is 29.7 Å². The first-order valence-corrected chi connectivity index (χ1v) is 10.5. The van der Waals surface area contributed by atoms with Gasteiger partial charge in [-0.1, -0.05) is 60.7 Å². The molecular formula is C26H24N2O5. The highest BCUT2D eigenvalue weighted by molar-refractivity contribution is 6.14. The summed E-state index contributed by atoms with van der Waals surface area (Å²) in [6.45, 7) is 0. The minimum absolute atomic E-state index is 0.0455. The molecule has 0 saturated carbocycles. The zero-order chi connectivity index (χ0) is 23.6. The summed E-state index contributed by atoms with van der Waals surface area (Å²) in [6, 6.07) is 22.6. The van der Waals surface area contributed by atoms with Gasteiger partial charge in [-0.15, -0.1) is 0 Å². The smallest absolute Gasteiger partial charge is 0.303 e. The Hall–Kier alpha value is -4.26. The van der Waals surface area contributed by atoms with Crippen LogP contribution >= 0.6 is 0 Å². The van der Waals surface area contributed by atoms with E-state index >= 15 is 0 Å². The average Bonchev–Trinajstić information content (AvgIpc) is 2.80. The molecule has 0 aromatic heterocycles. The Bertz CT molecular complexity index is 1140. The Morgan fingerprint density at radius 2 is 1.39 bits per heavy atom. The molecule has 0 radical (unpaired) electrons. The van der Waals surface area contributed by atoms with E-state index in [-0.39, 0.29) is 48.8 Å². The Morgan fingerprint density at radius 1 is 0.727 bits per heavy atom. The van der Waals surface area contributed by atoms with Gasteiger partial charge in [0.25, 0.3) is 0 Å². The van der Waals surface area contributed by atoms with Crippen molar-refractivity contribution in [2.45, 2.75) is 25.7 Å². The van der Waals surface area contributed by atoms with Gasteiger partial charge in [0.2, 0.25) is 11.8 Å². The number of carboxylic acids is 1. The summed E-state index contributed by atoms with van der Waals surface area (Å²) in [5, 5.41) is 14.2. The number of hydrogen-bond donors (Lipinski definition) is 3. The van der Waals surface area contributed by atoms with Gasteiger partial charge in [0.1, 0.15) is 0 Å². The van der Waals surface area contributed by atoms with Crippen molar-refractivity contribution in [1.82, 2.24) is 0 Å². The molecule has 0 bridgehead atoms. The second kappa shape index (κ2) is 11.4. The Balaban J connectivity index is 1.81. The van der Waals surface area contributed by atoms with Crippen LogP contribution in [0.4, 0.5) is 11.4 Å². The number of ketones is 1. The fraction of sp³-hybridized carbons (Fsp3) is 0.154. The van der Waals surface area contributed by atoms with E-state index in [2.05, 4.69) is 10.6 Å². The maximum Gasteiger partial charge on any atom is 0.303 e. The van der Waals surface area contributed by atoms with Crippen molar-refractivity contribution in [3.63, 3.8) is 0 Å². The monoisotopic (exact) mass is 444 g/mol. The predicted molar refractivity (Wildman–Crippen MR) is 125 cm³/mol. The molecule has 3 aromatic carbocycles. The lowest BCUT2D eigenvalue weighted by atomic mass is 10.0. The van der Waals surface area contributed by atoms with Gasteiger partial charge < -0.3 is 15.7 Å². The zero-order valence-corrected chi connectivity index (χ0v) is 17.9. The minimum atomic E-state index is -0.964. The van der Waals surface area contributed by atoms with E-state index in [0.717, 1.165) is 5.56 Å². The third-order valence-corrected chi connectivity index (χ3v) is 4.86. The third kappa shape index (κ3) is 7.14. The van der Waals surface area contributed by atoms with Crippen LogP contribution in [0.5, 0.6) is 0 Å². The molecule has 0 heterocycles. The summed E-state index contributed by atoms with van der Waals surface area (Å²) in [4.78, 5) is 48.5. The van der Waals surface area contributed by atoms with Crippen LogP contribution in [-0.4, -0.2) is 28.7 Å². The van der Waals surface area contributed by atoms with Crippen molar-refractivity contribution >= 4 is 34.9 Å². The fourth-order valence-corrected chi connectivity index (χ4v) is 3.26. The highest BCUT2D eigenvalue weighted by Crippen LogP contribution is 2.24. The number of amides is 2. The van der Waals surface area contributed by atoms with Crippen molar-refractivity contribution < 1.29 is 24.3 Å². The third-order valence-electron chi connectivity index (χ3n) is 4.86. The van der Waals surface area contributed by atoms with Crippen molar-refractivity contribution in [1.29, 1.82) is 0 Å². The molecule has 168 valence electrons. The van der Waals surface area contributed by atoms with Crippen molar-refractivity contribution in [2.24, 2.45) is 0 Å². The summed E-state index contributed by atoms with van der Waals surface area (Å²) >= 11 is 0. The molecule has 0 spiro atoms. The SMILES string of the molecule is O=C(O)CCCC(=O)Nc1ccc(NC(=O)Cc2ccccc2)c(C(=O)c2ccccc2)c1. The molecule has 33 heavy (non-hydrogen) atoms. The van der Waals surface area contributed by atoms with Crippen LogP contribution in [0.3, 0.4) is 0 Å². The standard InChI is InChI=1S/C26H24N2O5/c29-23(12-7-13-25(31)32)27-20-14-15-22(28-24(30)16-18-8-3-1-4-9-18)21(17-20)26(33)19-10-5-2-6-11-19/h1-6,8-11,14-15,17H,7,12-13,16H2,(H,27,29)(H,28,30)(H,31,32). The molecule has 2 amide bonds. The normalized spacial score (nSPS) is 10.3. The topological polar surface area (TPSA) is 113 Å². The average molecular weight is 444 g/mol. The number of carbonyl (C=O) groups is 4. The van der Waals surface area contributed by atoms with Crippen molar-refractivity contribution in [2.75, 3.05) is 10.6 Å². The Morgan fingerprint density at radius 3 is 2.06 bits per heavy atom. The van der Waals surface area contributed by atoms with E-state index in [9.17, 15) is 19.2 Å². The molecule has 0 saturated heterocycles. The Labute approximate surface area is 191 Å². The van der Waals surface area contributed by atoms with Gasteiger partial charge in [-0.25, -0.2) is 0 Å². The molecule has 0 fully saturated rings. The number of benzene rings is 3. The first kappa shape index (κ1) is 23.4. The maximum absolute atomic E-state index is 13.2. The van der Waals surface area contributed by atoms with Gasteiger partial charge >= 0.3 is 5.97 Å². The number of hydrogen-bond acceptors (Lipinski definition) is 4. The molecule has 0 aliphatic carbocycles. The highest BCUT2D eigenvalue weighted by Gasteiger charge is 2.17. The van der Waals surface area contributed by atoms with E-state index < -0.39 is 5.97 Å². The van der Waals surface area contributed by atoms with Crippen molar-refractivity contribution in [3.8, 4) is 0 Å². The Kier molecular flexibility index (Phi) is 8.07. The molecule has 3 N–H and O–H groups in total. The van der Waals surface area contributed by atoms with E-state index in [1.54, 1.807) is 42.5 Å². The summed E-state index contributed by atoms with van der Waals surface area (Å²) in [6.07, 6.45) is 0.313. The van der Waals surface area contributed by atoms with Gasteiger partial charge in [-0.3, -0.25) is 19.2 Å². The van der Waals surface area contributed by atoms with Crippen LogP contribution < -0.4 is 10.6 Å². The van der Waals surface area contributed by atoms with Gasteiger partial charge in [0.15, 0.2) is 5.78 Å². The van der Waals surface area contributed by atoms with Crippen LogP contribution in [0.1, 0.15) is 40.7 Å². The molecule has 7 heteroatoms. The molecule has 7 nitrogen and oxygen atoms in total. The molecule has 0 unspecified atom stereocenters. The van der Waals surface area contributed by atoms with Crippen LogP contribution in [0.25, 0.3) is 0 Å². The molecule has 0 atom stereocenters. The minimum Gasteiger partial charge on any atom is -0.481 e. The molecule has 3 rings (SSSR count). The predicted octanol–water partition coefficient (Wildman–Crippen LogP) is 4.29. The number of nitrogens with one attached hydrogen (secondary N) is 2. The second-order valence-corrected chi connectivity index (χ2v) is 7.46. The highest BCUT2D eigenvalue weighted by atomic mass is 16.4. The van der Waals surface area contributed by atoms with E-state index in [1.165, 1.54) is 6.07 Å². The lowest BCUT2D eigenvalue weighted by molar-refractivity contribution is -0.137. The molecule has 0 aliphatic rings. The number of carboxylic acid groups (broad SMARTS) is 1. The zero-order valence-electron chi connectivity index (χ0n) is 17.9. The summed E-state index contributed by atoms with van der Waals surface area (Å²) < 4.78 is 0. The van der Waals surface area contributed by atoms with E-state index in [1.807, 2.05) is 30.3 Å². The quantitative estimate of drug-likeness (QED) is 0.404. The molecule has 3 aromatic rings. The van der Waals surface area contributed by atoms with Crippen LogP contribution in [0.15, 0.2) is 78.9 Å². The van der Waals surface area contributed by atoms with Gasteiger partial charge in [-0.2, -0.15) is 0 Å². The number of rotatable bonds is 10. The summed E-state index contributed by atoms with van der Waals surface area (Å²) in [7, 11) is 0. The summed E-state index contributed by atoms with van der Waals surface area (Å²) in [5.74, 6) is -1.88. The lowest BCUT2D eigenvalue weighted by Crippen LogP contribution is -2.18. The number of anilines is 2. The first-order valence-electron chi connectivity index (χ1n) is 10.5. The fourth-order valence-electron chi connectivity index (χ4n) is 3.26. The number of aliphatic carboxylic acids is 1. The second-order valence-electron chi connectivity index (χ2n) is 7.46. The molecular weight excluding hydrogens is 420 g/mol. The lowest BCUT2D eigenvalue weighted by Gasteiger charge is -2.13. The first-order chi connectivity index (χ1) is 15.9. The van der Waals surface area contributed by atoms with Crippen LogP contribution in [-0.2, 0) is 20.8 Å².